The monoisotopic (exact) mass is 392 g/mol. The molecule has 0 saturated heterocycles. The number of halogens is 2. The Labute approximate surface area is 164 Å². The largest absolute Gasteiger partial charge is 0.449 e. The lowest BCUT2D eigenvalue weighted by molar-refractivity contribution is 0.0999. The molecule has 0 atom stereocenters. The number of rotatable bonds is 4. The lowest BCUT2D eigenvalue weighted by atomic mass is 10.1. The van der Waals surface area contributed by atoms with Gasteiger partial charge in [-0.15, -0.1) is 0 Å². The van der Waals surface area contributed by atoms with Gasteiger partial charge in [-0.3, -0.25) is 9.59 Å². The summed E-state index contributed by atoms with van der Waals surface area (Å²) in [4.78, 5) is 25.3. The zero-order valence-electron chi connectivity index (χ0n) is 14.9. The Balaban J connectivity index is 1.69. The van der Waals surface area contributed by atoms with Gasteiger partial charge in [-0.25, -0.2) is 8.78 Å². The molecule has 1 aromatic heterocycles. The first-order valence-corrected chi connectivity index (χ1v) is 8.66. The molecule has 0 radical (unpaired) electrons. The Bertz CT molecular complexity index is 1220. The Kier molecular flexibility index (Phi) is 4.78. The minimum absolute atomic E-state index is 0.133. The van der Waals surface area contributed by atoms with E-state index in [1.807, 2.05) is 0 Å². The quantitative estimate of drug-likeness (QED) is 0.500. The van der Waals surface area contributed by atoms with Gasteiger partial charge in [0.05, 0.1) is 0 Å². The molecule has 1 heterocycles. The second kappa shape index (κ2) is 7.55. The third kappa shape index (κ3) is 3.84. The van der Waals surface area contributed by atoms with Gasteiger partial charge < -0.3 is 15.1 Å². The molecular formula is C22H14F2N2O3. The van der Waals surface area contributed by atoms with Gasteiger partial charge in [0.2, 0.25) is 5.76 Å². The summed E-state index contributed by atoms with van der Waals surface area (Å²) in [5, 5.41) is 5.73. The van der Waals surface area contributed by atoms with E-state index < -0.39 is 23.4 Å². The Hall–Kier alpha value is -4.00. The van der Waals surface area contributed by atoms with Crippen molar-refractivity contribution in [3.05, 3.63) is 95.8 Å². The molecule has 0 aliphatic carbocycles. The number of anilines is 2. The highest BCUT2D eigenvalue weighted by Gasteiger charge is 2.23. The topological polar surface area (TPSA) is 71.3 Å². The summed E-state index contributed by atoms with van der Waals surface area (Å²) >= 11 is 0. The van der Waals surface area contributed by atoms with Crippen LogP contribution in [0.25, 0.3) is 11.0 Å². The minimum atomic E-state index is -0.652. The van der Waals surface area contributed by atoms with Gasteiger partial charge in [-0.05, 0) is 54.6 Å². The van der Waals surface area contributed by atoms with E-state index in [4.69, 9.17) is 4.42 Å². The van der Waals surface area contributed by atoms with Crippen LogP contribution in [0.15, 0.2) is 77.2 Å². The average molecular weight is 392 g/mol. The molecule has 0 spiro atoms. The number of benzene rings is 3. The van der Waals surface area contributed by atoms with Crippen molar-refractivity contribution in [2.45, 2.75) is 0 Å². The van der Waals surface area contributed by atoms with Crippen molar-refractivity contribution >= 4 is 34.2 Å². The van der Waals surface area contributed by atoms with Gasteiger partial charge in [0.15, 0.2) is 0 Å². The number of nitrogens with one attached hydrogen (secondary N) is 2. The number of fused-ring (bicyclic) bond motifs is 1. The van der Waals surface area contributed by atoms with Crippen LogP contribution in [0.1, 0.15) is 20.9 Å². The van der Waals surface area contributed by atoms with E-state index in [2.05, 4.69) is 10.6 Å². The first-order valence-electron chi connectivity index (χ1n) is 8.66. The molecule has 2 amide bonds. The second-order valence-electron chi connectivity index (χ2n) is 6.23. The van der Waals surface area contributed by atoms with E-state index >= 15 is 0 Å². The Morgan fingerprint density at radius 3 is 2.28 bits per heavy atom. The SMILES string of the molecule is O=C(Nc1c(C(=O)Nc2cccc(F)c2)oc2ccccc12)c1ccc(F)cc1. The van der Waals surface area contributed by atoms with Crippen molar-refractivity contribution in [2.24, 2.45) is 0 Å². The van der Waals surface area contributed by atoms with Crippen molar-refractivity contribution in [3.8, 4) is 0 Å². The van der Waals surface area contributed by atoms with Crippen LogP contribution < -0.4 is 10.6 Å². The number of para-hydroxylation sites is 1. The molecule has 5 nitrogen and oxygen atoms in total. The third-order valence-electron chi connectivity index (χ3n) is 4.23. The van der Waals surface area contributed by atoms with Crippen molar-refractivity contribution in [3.63, 3.8) is 0 Å². The fourth-order valence-corrected chi connectivity index (χ4v) is 2.87. The van der Waals surface area contributed by atoms with E-state index in [9.17, 15) is 18.4 Å². The maximum atomic E-state index is 13.4. The van der Waals surface area contributed by atoms with Crippen LogP contribution >= 0.6 is 0 Å². The highest BCUT2D eigenvalue weighted by Crippen LogP contribution is 2.32. The van der Waals surface area contributed by atoms with E-state index in [0.29, 0.717) is 11.0 Å². The van der Waals surface area contributed by atoms with Crippen LogP contribution in [0, 0.1) is 11.6 Å². The maximum Gasteiger partial charge on any atom is 0.293 e. The Morgan fingerprint density at radius 1 is 0.759 bits per heavy atom. The molecule has 0 unspecified atom stereocenters. The molecular weight excluding hydrogens is 378 g/mol. The summed E-state index contributed by atoms with van der Waals surface area (Å²) in [6.07, 6.45) is 0. The summed E-state index contributed by atoms with van der Waals surface area (Å²) < 4.78 is 32.1. The molecule has 7 heteroatoms. The van der Waals surface area contributed by atoms with Crippen LogP contribution in [0.4, 0.5) is 20.2 Å². The third-order valence-corrected chi connectivity index (χ3v) is 4.23. The van der Waals surface area contributed by atoms with Gasteiger partial charge in [-0.2, -0.15) is 0 Å². The maximum absolute atomic E-state index is 13.4. The summed E-state index contributed by atoms with van der Waals surface area (Å²) in [6.45, 7) is 0. The molecule has 0 aliphatic heterocycles. The van der Waals surface area contributed by atoms with E-state index in [0.717, 1.165) is 6.07 Å². The zero-order chi connectivity index (χ0) is 20.4. The minimum Gasteiger partial charge on any atom is -0.449 e. The number of carbonyl (C=O) groups is 2. The number of carbonyl (C=O) groups excluding carboxylic acids is 2. The van der Waals surface area contributed by atoms with Gasteiger partial charge in [0.25, 0.3) is 11.8 Å². The van der Waals surface area contributed by atoms with Gasteiger partial charge in [0, 0.05) is 16.6 Å². The molecule has 4 aromatic rings. The van der Waals surface area contributed by atoms with Crippen LogP contribution in [-0.2, 0) is 0 Å². The number of hydrogen-bond donors (Lipinski definition) is 2. The van der Waals surface area contributed by atoms with Crippen molar-refractivity contribution in [1.29, 1.82) is 0 Å². The van der Waals surface area contributed by atoms with Crippen LogP contribution in [0.3, 0.4) is 0 Å². The molecule has 0 aliphatic rings. The standard InChI is InChI=1S/C22H14F2N2O3/c23-14-10-8-13(9-11-14)21(27)26-19-17-6-1-2-7-18(17)29-20(19)22(28)25-16-5-3-4-15(24)12-16/h1-12H,(H,25,28)(H,26,27). The summed E-state index contributed by atoms with van der Waals surface area (Å²) in [5.41, 5.74) is 1.02. The highest BCUT2D eigenvalue weighted by atomic mass is 19.1. The van der Waals surface area contributed by atoms with Crippen molar-refractivity contribution < 1.29 is 22.8 Å². The molecule has 0 bridgehead atoms. The molecule has 144 valence electrons. The van der Waals surface area contributed by atoms with Gasteiger partial charge >= 0.3 is 0 Å². The number of hydrogen-bond acceptors (Lipinski definition) is 3. The zero-order valence-corrected chi connectivity index (χ0v) is 14.9. The molecule has 4 rings (SSSR count). The first-order chi connectivity index (χ1) is 14.0. The van der Waals surface area contributed by atoms with E-state index in [-0.39, 0.29) is 22.7 Å². The fourth-order valence-electron chi connectivity index (χ4n) is 2.87. The predicted octanol–water partition coefficient (Wildman–Crippen LogP) is 5.22. The molecule has 3 aromatic carbocycles. The summed E-state index contributed by atoms with van der Waals surface area (Å²) in [7, 11) is 0. The van der Waals surface area contributed by atoms with Crippen LogP contribution in [-0.4, -0.2) is 11.8 Å². The molecule has 29 heavy (non-hydrogen) atoms. The lowest BCUT2D eigenvalue weighted by Gasteiger charge is -2.07. The highest BCUT2D eigenvalue weighted by molar-refractivity contribution is 6.16. The lowest BCUT2D eigenvalue weighted by Crippen LogP contribution is -2.17. The van der Waals surface area contributed by atoms with Crippen molar-refractivity contribution in [1.82, 2.24) is 0 Å². The normalized spacial score (nSPS) is 10.7. The molecule has 2 N–H and O–H groups in total. The van der Waals surface area contributed by atoms with Crippen LogP contribution in [0.5, 0.6) is 0 Å². The molecule has 0 saturated carbocycles. The predicted molar refractivity (Wildman–Crippen MR) is 105 cm³/mol. The van der Waals surface area contributed by atoms with E-state index in [1.54, 1.807) is 24.3 Å². The fraction of sp³-hybridized carbons (Fsp3) is 0. The van der Waals surface area contributed by atoms with Gasteiger partial charge in [-0.1, -0.05) is 18.2 Å². The molecule has 0 fully saturated rings. The second-order valence-corrected chi connectivity index (χ2v) is 6.23. The van der Waals surface area contributed by atoms with Gasteiger partial charge in [0.1, 0.15) is 22.9 Å². The average Bonchev–Trinajstić information content (AvgIpc) is 3.07. The van der Waals surface area contributed by atoms with E-state index in [1.165, 1.54) is 42.5 Å². The van der Waals surface area contributed by atoms with Crippen molar-refractivity contribution in [2.75, 3.05) is 10.6 Å². The number of furan rings is 1. The summed E-state index contributed by atoms with van der Waals surface area (Å²) in [6, 6.07) is 17.2. The first kappa shape index (κ1) is 18.4. The summed E-state index contributed by atoms with van der Waals surface area (Å²) in [5.74, 6) is -2.29. The van der Waals surface area contributed by atoms with Crippen LogP contribution in [0.2, 0.25) is 0 Å². The smallest absolute Gasteiger partial charge is 0.293 e. The Morgan fingerprint density at radius 2 is 1.52 bits per heavy atom. The number of amides is 2.